The monoisotopic (exact) mass is 397 g/mol. The van der Waals surface area contributed by atoms with Crippen molar-refractivity contribution in [3.8, 4) is 6.07 Å². The van der Waals surface area contributed by atoms with E-state index in [0.29, 0.717) is 17.2 Å². The van der Waals surface area contributed by atoms with Crippen molar-refractivity contribution in [2.45, 2.75) is 18.7 Å². The van der Waals surface area contributed by atoms with Crippen LogP contribution >= 0.6 is 0 Å². The van der Waals surface area contributed by atoms with Gasteiger partial charge in [-0.05, 0) is 43.3 Å². The topological polar surface area (TPSA) is 162 Å². The summed E-state index contributed by atoms with van der Waals surface area (Å²) in [5, 5.41) is 25.1. The quantitative estimate of drug-likeness (QED) is 0.521. The van der Waals surface area contributed by atoms with Gasteiger partial charge in [-0.2, -0.15) is 10.5 Å². The molecule has 0 amide bonds. The van der Waals surface area contributed by atoms with E-state index in [0.717, 1.165) is 0 Å². The molecule has 2 aromatic heterocycles. The maximum Gasteiger partial charge on any atom is 0.263 e. The largest absolute Gasteiger partial charge is 0.360 e. The highest BCUT2D eigenvalue weighted by Crippen LogP contribution is 2.18. The van der Waals surface area contributed by atoms with Crippen molar-refractivity contribution in [3.63, 3.8) is 0 Å². The van der Waals surface area contributed by atoms with Crippen LogP contribution in [0.4, 0.5) is 11.5 Å². The zero-order valence-electron chi connectivity index (χ0n) is 14.9. The second-order valence-electron chi connectivity index (χ2n) is 5.62. The summed E-state index contributed by atoms with van der Waals surface area (Å²) in [4.78, 5) is 8.25. The number of aromatic amines is 1. The maximum absolute atomic E-state index is 12.5. The van der Waals surface area contributed by atoms with Crippen LogP contribution in [0.2, 0.25) is 0 Å². The van der Waals surface area contributed by atoms with Crippen LogP contribution in [0.25, 0.3) is 5.57 Å². The van der Waals surface area contributed by atoms with E-state index in [9.17, 15) is 8.42 Å². The molecule has 0 bridgehead atoms. The number of sulfonamides is 1. The van der Waals surface area contributed by atoms with E-state index in [4.69, 9.17) is 5.26 Å². The molecule has 1 aromatic carbocycles. The van der Waals surface area contributed by atoms with Crippen molar-refractivity contribution >= 4 is 27.1 Å². The number of H-pyrrole nitrogens is 1. The van der Waals surface area contributed by atoms with Gasteiger partial charge in [-0.15, -0.1) is 10.2 Å². The first-order valence-electron chi connectivity index (χ1n) is 7.93. The van der Waals surface area contributed by atoms with Crippen molar-refractivity contribution in [1.82, 2.24) is 30.6 Å². The summed E-state index contributed by atoms with van der Waals surface area (Å²) in [6, 6.07) is 9.48. The summed E-state index contributed by atoms with van der Waals surface area (Å²) in [5.74, 6) is 0.821. The number of aromatic nitrogens is 6. The molecule has 0 aliphatic carbocycles. The Kier molecular flexibility index (Phi) is 5.28. The Hall–Kier alpha value is -3.85. The van der Waals surface area contributed by atoms with Crippen molar-refractivity contribution in [1.29, 1.82) is 5.26 Å². The molecule has 2 heterocycles. The molecule has 0 radical (unpaired) electrons. The van der Waals surface area contributed by atoms with E-state index >= 15 is 0 Å². The molecule has 0 aliphatic heterocycles. The van der Waals surface area contributed by atoms with Gasteiger partial charge in [-0.3, -0.25) is 4.72 Å². The minimum atomic E-state index is -3.80. The number of nitrogens with zero attached hydrogens (tertiary/aromatic N) is 6. The van der Waals surface area contributed by atoms with Gasteiger partial charge >= 0.3 is 0 Å². The first-order chi connectivity index (χ1) is 13.4. The van der Waals surface area contributed by atoms with Crippen LogP contribution in [0.1, 0.15) is 17.3 Å². The lowest BCUT2D eigenvalue weighted by atomic mass is 10.3. The average Bonchev–Trinajstić information content (AvgIpc) is 3.16. The standard InChI is InChI=1S/C16H15N9O2S/c1-10-7-15(20-11(2)19-10)23-28(26,27)14-5-3-13(4-6-14)18-9-12(8-17)16-21-24-25-22-16/h3-7,9,18H,1-2H3,(H,19,20,23)(H,21,22,24,25). The SMILES string of the molecule is Cc1cc(NS(=O)(=O)c2ccc(NC=C(C#N)c3nn[nH]n3)cc2)nc(C)n1. The van der Waals surface area contributed by atoms with Gasteiger partial charge in [-0.1, -0.05) is 0 Å². The van der Waals surface area contributed by atoms with Gasteiger partial charge < -0.3 is 5.32 Å². The summed E-state index contributed by atoms with van der Waals surface area (Å²) in [7, 11) is -3.80. The van der Waals surface area contributed by atoms with Gasteiger partial charge in [0, 0.05) is 23.6 Å². The van der Waals surface area contributed by atoms with Crippen LogP contribution in [0, 0.1) is 25.2 Å². The van der Waals surface area contributed by atoms with Crippen molar-refractivity contribution in [2.24, 2.45) is 0 Å². The highest BCUT2D eigenvalue weighted by atomic mass is 32.2. The molecule has 0 fully saturated rings. The van der Waals surface area contributed by atoms with Gasteiger partial charge in [0.05, 0.1) is 4.90 Å². The number of benzene rings is 1. The number of tetrazole rings is 1. The van der Waals surface area contributed by atoms with E-state index in [-0.39, 0.29) is 22.1 Å². The first-order valence-corrected chi connectivity index (χ1v) is 9.41. The molecule has 28 heavy (non-hydrogen) atoms. The number of hydrogen-bond donors (Lipinski definition) is 3. The number of aryl methyl sites for hydroxylation is 2. The number of nitrogens with one attached hydrogen (secondary N) is 3. The summed E-state index contributed by atoms with van der Waals surface area (Å²) >= 11 is 0. The third-order valence-corrected chi connectivity index (χ3v) is 4.83. The third kappa shape index (κ3) is 4.46. The lowest BCUT2D eigenvalue weighted by Crippen LogP contribution is -2.14. The van der Waals surface area contributed by atoms with Crippen LogP contribution in [-0.2, 0) is 10.0 Å². The Balaban J connectivity index is 1.75. The average molecular weight is 397 g/mol. The number of hydrogen-bond acceptors (Lipinski definition) is 9. The van der Waals surface area contributed by atoms with Gasteiger partial charge in [0.15, 0.2) is 0 Å². The summed E-state index contributed by atoms with van der Waals surface area (Å²) in [6.07, 6.45) is 1.40. The number of anilines is 2. The zero-order chi connectivity index (χ0) is 20.1. The second kappa shape index (κ2) is 7.80. The molecule has 11 nitrogen and oxygen atoms in total. The second-order valence-corrected chi connectivity index (χ2v) is 7.30. The molecule has 3 rings (SSSR count). The van der Waals surface area contributed by atoms with Crippen molar-refractivity contribution in [2.75, 3.05) is 10.0 Å². The molecule has 0 unspecified atom stereocenters. The maximum atomic E-state index is 12.5. The normalized spacial score (nSPS) is 11.7. The predicted octanol–water partition coefficient (Wildman–Crippen LogP) is 1.38. The summed E-state index contributed by atoms with van der Waals surface area (Å²) in [5.41, 5.74) is 1.40. The highest BCUT2D eigenvalue weighted by Gasteiger charge is 2.15. The van der Waals surface area contributed by atoms with Gasteiger partial charge in [-0.25, -0.2) is 18.4 Å². The Morgan fingerprint density at radius 3 is 2.57 bits per heavy atom. The highest BCUT2D eigenvalue weighted by molar-refractivity contribution is 7.92. The van der Waals surface area contributed by atoms with Crippen LogP contribution in [0.15, 0.2) is 41.4 Å². The van der Waals surface area contributed by atoms with Gasteiger partial charge in [0.1, 0.15) is 23.3 Å². The fourth-order valence-corrected chi connectivity index (χ4v) is 3.27. The van der Waals surface area contributed by atoms with E-state index in [1.807, 2.05) is 6.07 Å². The van der Waals surface area contributed by atoms with Crippen LogP contribution in [-0.4, -0.2) is 39.0 Å². The fourth-order valence-electron chi connectivity index (χ4n) is 2.27. The molecule has 3 N–H and O–H groups in total. The minimum absolute atomic E-state index is 0.0645. The Labute approximate surface area is 160 Å². The minimum Gasteiger partial charge on any atom is -0.360 e. The molecule has 0 saturated carbocycles. The van der Waals surface area contributed by atoms with E-state index in [1.54, 1.807) is 32.0 Å². The molecule has 0 aliphatic rings. The van der Waals surface area contributed by atoms with E-state index < -0.39 is 10.0 Å². The molecule has 0 atom stereocenters. The van der Waals surface area contributed by atoms with Crippen LogP contribution in [0.3, 0.4) is 0 Å². The number of allylic oxidation sites excluding steroid dienone is 1. The van der Waals surface area contributed by atoms with Crippen LogP contribution < -0.4 is 10.0 Å². The third-order valence-electron chi connectivity index (χ3n) is 3.46. The molecule has 3 aromatic rings. The summed E-state index contributed by atoms with van der Waals surface area (Å²) in [6.45, 7) is 3.44. The Morgan fingerprint density at radius 2 is 1.96 bits per heavy atom. The number of rotatable bonds is 6. The summed E-state index contributed by atoms with van der Waals surface area (Å²) < 4.78 is 27.5. The van der Waals surface area contributed by atoms with Gasteiger partial charge in [0.25, 0.3) is 10.0 Å². The zero-order valence-corrected chi connectivity index (χ0v) is 15.7. The molecule has 0 saturated heterocycles. The lowest BCUT2D eigenvalue weighted by molar-refractivity contribution is 0.601. The van der Waals surface area contributed by atoms with Gasteiger partial charge in [0.2, 0.25) is 5.82 Å². The Bertz CT molecular complexity index is 1130. The van der Waals surface area contributed by atoms with Crippen LogP contribution in [0.5, 0.6) is 0 Å². The predicted molar refractivity (Wildman–Crippen MR) is 100 cm³/mol. The molecule has 0 spiro atoms. The first kappa shape index (κ1) is 18.9. The molecular weight excluding hydrogens is 382 g/mol. The molecule has 12 heteroatoms. The van der Waals surface area contributed by atoms with Crippen molar-refractivity contribution in [3.05, 3.63) is 53.9 Å². The lowest BCUT2D eigenvalue weighted by Gasteiger charge is -2.09. The van der Waals surface area contributed by atoms with Crippen molar-refractivity contribution < 1.29 is 8.42 Å². The number of nitriles is 1. The van der Waals surface area contributed by atoms with E-state index in [1.165, 1.54) is 18.3 Å². The Morgan fingerprint density at radius 1 is 1.21 bits per heavy atom. The fraction of sp³-hybridized carbons (Fsp3) is 0.125. The molecule has 142 valence electrons. The van der Waals surface area contributed by atoms with E-state index in [2.05, 4.69) is 40.6 Å². The smallest absolute Gasteiger partial charge is 0.263 e. The molecular formula is C16H15N9O2S.